The van der Waals surface area contributed by atoms with Crippen LogP contribution in [0.3, 0.4) is 0 Å². The van der Waals surface area contributed by atoms with Crippen LogP contribution >= 0.6 is 0 Å². The first kappa shape index (κ1) is 17.4. The zero-order valence-electron chi connectivity index (χ0n) is 14.0. The zero-order chi connectivity index (χ0) is 17.5. The number of benzene rings is 3. The second-order valence-corrected chi connectivity index (χ2v) is 6.06. The molecular weight excluding hydrogens is 310 g/mol. The van der Waals surface area contributed by atoms with Crippen molar-refractivity contribution in [2.75, 3.05) is 6.61 Å². The van der Waals surface area contributed by atoms with Crippen molar-refractivity contribution < 1.29 is 10.2 Å². The molecule has 3 N–H and O–H groups in total. The van der Waals surface area contributed by atoms with Crippen molar-refractivity contribution in [1.82, 2.24) is 5.32 Å². The molecule has 0 aliphatic rings. The smallest absolute Gasteiger partial charge is 0.0984 e. The van der Waals surface area contributed by atoms with Crippen molar-refractivity contribution in [3.63, 3.8) is 0 Å². The van der Waals surface area contributed by atoms with Crippen molar-refractivity contribution in [1.29, 1.82) is 0 Å². The predicted molar refractivity (Wildman–Crippen MR) is 100.0 cm³/mol. The molecule has 3 atom stereocenters. The van der Waals surface area contributed by atoms with Gasteiger partial charge in [-0.1, -0.05) is 91.0 Å². The molecular formula is C22H23NO2. The standard InChI is InChI=1S/C22H23NO2/c24-16-20(17-10-4-1-5-11-17)23-21(18-12-6-2-7-13-18)22(25)19-14-8-3-9-15-19/h1-15,20-25H,16H2/t20-,21-,22+/m0/s1. The first-order valence-electron chi connectivity index (χ1n) is 8.49. The van der Waals surface area contributed by atoms with Gasteiger partial charge in [0.15, 0.2) is 0 Å². The van der Waals surface area contributed by atoms with E-state index in [1.54, 1.807) is 0 Å². The normalized spacial score (nSPS) is 14.6. The fourth-order valence-electron chi connectivity index (χ4n) is 3.03. The van der Waals surface area contributed by atoms with E-state index in [1.807, 2.05) is 91.0 Å². The van der Waals surface area contributed by atoms with E-state index in [2.05, 4.69) is 5.32 Å². The van der Waals surface area contributed by atoms with Crippen molar-refractivity contribution in [3.8, 4) is 0 Å². The molecule has 0 bridgehead atoms. The monoisotopic (exact) mass is 333 g/mol. The zero-order valence-corrected chi connectivity index (χ0v) is 14.0. The van der Waals surface area contributed by atoms with E-state index >= 15 is 0 Å². The minimum absolute atomic E-state index is 0.0468. The van der Waals surface area contributed by atoms with E-state index in [0.717, 1.165) is 16.7 Å². The number of rotatable bonds is 7. The van der Waals surface area contributed by atoms with Crippen molar-refractivity contribution in [2.24, 2.45) is 0 Å². The summed E-state index contributed by atoms with van der Waals surface area (Å²) in [6.45, 7) is -0.0468. The molecule has 0 fully saturated rings. The van der Waals surface area contributed by atoms with Crippen LogP contribution in [0.4, 0.5) is 0 Å². The van der Waals surface area contributed by atoms with Gasteiger partial charge in [-0.25, -0.2) is 0 Å². The molecule has 0 saturated heterocycles. The van der Waals surface area contributed by atoms with Crippen LogP contribution in [0.15, 0.2) is 91.0 Å². The average molecular weight is 333 g/mol. The predicted octanol–water partition coefficient (Wildman–Crippen LogP) is 3.78. The Kier molecular flexibility index (Phi) is 5.96. The van der Waals surface area contributed by atoms with Gasteiger partial charge in [-0.05, 0) is 16.7 Å². The van der Waals surface area contributed by atoms with Gasteiger partial charge in [0, 0.05) is 0 Å². The maximum Gasteiger partial charge on any atom is 0.0984 e. The van der Waals surface area contributed by atoms with E-state index < -0.39 is 6.10 Å². The third kappa shape index (κ3) is 4.34. The quantitative estimate of drug-likeness (QED) is 0.617. The topological polar surface area (TPSA) is 52.5 Å². The summed E-state index contributed by atoms with van der Waals surface area (Å²) in [5.41, 5.74) is 2.81. The van der Waals surface area contributed by atoms with Crippen LogP contribution in [-0.4, -0.2) is 16.8 Å². The summed E-state index contributed by atoms with van der Waals surface area (Å²) in [6, 6.07) is 28.7. The number of nitrogens with one attached hydrogen (secondary N) is 1. The lowest BCUT2D eigenvalue weighted by Gasteiger charge is -2.29. The first-order chi connectivity index (χ1) is 12.3. The fraction of sp³-hybridized carbons (Fsp3) is 0.182. The summed E-state index contributed by atoms with van der Waals surface area (Å²) in [6.07, 6.45) is -0.721. The molecule has 0 saturated carbocycles. The molecule has 128 valence electrons. The molecule has 3 rings (SSSR count). The third-order valence-electron chi connectivity index (χ3n) is 4.38. The molecule has 0 aliphatic carbocycles. The van der Waals surface area contributed by atoms with Crippen LogP contribution in [0.1, 0.15) is 34.9 Å². The van der Waals surface area contributed by atoms with E-state index in [1.165, 1.54) is 0 Å². The van der Waals surface area contributed by atoms with E-state index in [-0.39, 0.29) is 18.7 Å². The highest BCUT2D eigenvalue weighted by molar-refractivity contribution is 5.27. The average Bonchev–Trinajstić information content (AvgIpc) is 2.70. The Morgan fingerprint density at radius 2 is 1.08 bits per heavy atom. The van der Waals surface area contributed by atoms with Gasteiger partial charge in [0.2, 0.25) is 0 Å². The largest absolute Gasteiger partial charge is 0.394 e. The molecule has 3 nitrogen and oxygen atoms in total. The highest BCUT2D eigenvalue weighted by atomic mass is 16.3. The summed E-state index contributed by atoms with van der Waals surface area (Å²) in [5, 5.41) is 24.3. The molecule has 0 spiro atoms. The lowest BCUT2D eigenvalue weighted by Crippen LogP contribution is -2.32. The summed E-state index contributed by atoms with van der Waals surface area (Å²) in [7, 11) is 0. The van der Waals surface area contributed by atoms with E-state index in [0.29, 0.717) is 0 Å². The number of aliphatic hydroxyl groups is 2. The summed E-state index contributed by atoms with van der Waals surface area (Å²) < 4.78 is 0. The summed E-state index contributed by atoms with van der Waals surface area (Å²) in [5.74, 6) is 0. The Bertz CT molecular complexity index is 747. The minimum Gasteiger partial charge on any atom is -0.394 e. The third-order valence-corrected chi connectivity index (χ3v) is 4.38. The van der Waals surface area contributed by atoms with Gasteiger partial charge < -0.3 is 10.2 Å². The van der Waals surface area contributed by atoms with Crippen LogP contribution in [0.25, 0.3) is 0 Å². The lowest BCUT2D eigenvalue weighted by molar-refractivity contribution is 0.112. The maximum atomic E-state index is 11.0. The molecule has 0 aromatic heterocycles. The van der Waals surface area contributed by atoms with Gasteiger partial charge in [-0.3, -0.25) is 5.32 Å². The molecule has 25 heavy (non-hydrogen) atoms. The van der Waals surface area contributed by atoms with Crippen molar-refractivity contribution >= 4 is 0 Å². The molecule has 0 amide bonds. The van der Waals surface area contributed by atoms with Gasteiger partial charge in [0.1, 0.15) is 0 Å². The number of hydrogen-bond acceptors (Lipinski definition) is 3. The van der Waals surface area contributed by atoms with Gasteiger partial charge >= 0.3 is 0 Å². The minimum atomic E-state index is -0.721. The van der Waals surface area contributed by atoms with Crippen LogP contribution < -0.4 is 5.32 Å². The Morgan fingerprint density at radius 3 is 1.56 bits per heavy atom. The molecule has 0 heterocycles. The highest BCUT2D eigenvalue weighted by Crippen LogP contribution is 2.31. The van der Waals surface area contributed by atoms with E-state index in [9.17, 15) is 10.2 Å². The van der Waals surface area contributed by atoms with Crippen molar-refractivity contribution in [2.45, 2.75) is 18.2 Å². The molecule has 0 unspecified atom stereocenters. The van der Waals surface area contributed by atoms with E-state index in [4.69, 9.17) is 0 Å². The van der Waals surface area contributed by atoms with Crippen molar-refractivity contribution in [3.05, 3.63) is 108 Å². The molecule has 3 aromatic carbocycles. The Hall–Kier alpha value is -2.46. The SMILES string of the molecule is OC[C@H](N[C@@H](c1ccccc1)[C@H](O)c1ccccc1)c1ccccc1. The van der Waals surface area contributed by atoms with Crippen LogP contribution in [-0.2, 0) is 0 Å². The van der Waals surface area contributed by atoms with Crippen LogP contribution in [0.2, 0.25) is 0 Å². The van der Waals surface area contributed by atoms with Gasteiger partial charge in [0.25, 0.3) is 0 Å². The fourth-order valence-corrected chi connectivity index (χ4v) is 3.03. The van der Waals surface area contributed by atoms with Gasteiger partial charge in [-0.15, -0.1) is 0 Å². The lowest BCUT2D eigenvalue weighted by atomic mass is 9.94. The highest BCUT2D eigenvalue weighted by Gasteiger charge is 2.25. The second-order valence-electron chi connectivity index (χ2n) is 6.06. The first-order valence-corrected chi connectivity index (χ1v) is 8.49. The number of hydrogen-bond donors (Lipinski definition) is 3. The summed E-state index contributed by atoms with van der Waals surface area (Å²) >= 11 is 0. The Labute approximate surface area is 148 Å². The number of aliphatic hydroxyl groups excluding tert-OH is 2. The molecule has 0 aliphatic heterocycles. The van der Waals surface area contributed by atoms with Gasteiger partial charge in [-0.2, -0.15) is 0 Å². The second kappa shape index (κ2) is 8.58. The van der Waals surface area contributed by atoms with Crippen LogP contribution in [0.5, 0.6) is 0 Å². The van der Waals surface area contributed by atoms with Gasteiger partial charge in [0.05, 0.1) is 24.8 Å². The Morgan fingerprint density at radius 1 is 0.640 bits per heavy atom. The molecule has 3 aromatic rings. The Balaban J connectivity index is 1.91. The summed E-state index contributed by atoms with van der Waals surface area (Å²) in [4.78, 5) is 0. The maximum absolute atomic E-state index is 11.0. The molecule has 0 radical (unpaired) electrons. The molecule has 3 heteroatoms. The van der Waals surface area contributed by atoms with Crippen LogP contribution in [0, 0.1) is 0 Å².